The lowest BCUT2D eigenvalue weighted by atomic mass is 10.0. The van der Waals surface area contributed by atoms with Gasteiger partial charge in [0.2, 0.25) is 0 Å². The molecule has 19 heavy (non-hydrogen) atoms. The van der Waals surface area contributed by atoms with E-state index < -0.39 is 23.3 Å². The van der Waals surface area contributed by atoms with Gasteiger partial charge in [-0.1, -0.05) is 12.1 Å². The van der Waals surface area contributed by atoms with Gasteiger partial charge in [-0.25, -0.2) is 4.39 Å². The van der Waals surface area contributed by atoms with Crippen LogP contribution >= 0.6 is 0 Å². The number of ketones is 1. The molecule has 0 aliphatic carbocycles. The number of rotatable bonds is 2. The zero-order chi connectivity index (χ0) is 14.0. The van der Waals surface area contributed by atoms with E-state index in [0.717, 1.165) is 24.3 Å². The maximum Gasteiger partial charge on any atom is 0.416 e. The SMILES string of the molecule is O=C(c1ccc(F)cc1)c1cccc(C(F)(F)F)c1. The highest BCUT2D eigenvalue weighted by Crippen LogP contribution is 2.29. The predicted molar refractivity (Wildman–Crippen MR) is 61.3 cm³/mol. The molecule has 0 aliphatic rings. The third-order valence-electron chi connectivity index (χ3n) is 2.56. The molecule has 0 spiro atoms. The van der Waals surface area contributed by atoms with E-state index in [1.165, 1.54) is 24.3 Å². The van der Waals surface area contributed by atoms with Gasteiger partial charge in [-0.3, -0.25) is 4.79 Å². The first kappa shape index (κ1) is 13.3. The summed E-state index contributed by atoms with van der Waals surface area (Å²) in [6.07, 6.45) is -4.50. The molecule has 5 heteroatoms. The molecule has 0 bridgehead atoms. The molecular formula is C14H8F4O. The molecule has 0 unspecified atom stereocenters. The molecule has 1 nitrogen and oxygen atoms in total. The van der Waals surface area contributed by atoms with Crippen molar-refractivity contribution in [1.29, 1.82) is 0 Å². The van der Waals surface area contributed by atoms with E-state index in [0.29, 0.717) is 0 Å². The number of halogens is 4. The molecule has 0 radical (unpaired) electrons. The lowest BCUT2D eigenvalue weighted by molar-refractivity contribution is -0.137. The van der Waals surface area contributed by atoms with Crippen molar-refractivity contribution >= 4 is 5.78 Å². The number of benzene rings is 2. The van der Waals surface area contributed by atoms with Crippen molar-refractivity contribution in [2.75, 3.05) is 0 Å². The van der Waals surface area contributed by atoms with Gasteiger partial charge in [-0.05, 0) is 36.4 Å². The van der Waals surface area contributed by atoms with Crippen LogP contribution in [-0.2, 0) is 6.18 Å². The van der Waals surface area contributed by atoms with E-state index in [1.807, 2.05) is 0 Å². The summed E-state index contributed by atoms with van der Waals surface area (Å²) in [4.78, 5) is 11.9. The average molecular weight is 268 g/mol. The number of alkyl halides is 3. The number of carbonyl (C=O) groups excluding carboxylic acids is 1. The van der Waals surface area contributed by atoms with Gasteiger partial charge in [-0.2, -0.15) is 13.2 Å². The minimum atomic E-state index is -4.50. The highest BCUT2D eigenvalue weighted by atomic mass is 19.4. The van der Waals surface area contributed by atoms with Gasteiger partial charge in [0.1, 0.15) is 5.82 Å². The Bertz CT molecular complexity index is 600. The van der Waals surface area contributed by atoms with E-state index in [-0.39, 0.29) is 11.1 Å². The van der Waals surface area contributed by atoms with E-state index in [2.05, 4.69) is 0 Å². The van der Waals surface area contributed by atoms with Crippen molar-refractivity contribution in [1.82, 2.24) is 0 Å². The number of hydrogen-bond donors (Lipinski definition) is 0. The summed E-state index contributed by atoms with van der Waals surface area (Å²) < 4.78 is 50.3. The molecule has 0 aliphatic heterocycles. The third-order valence-corrected chi connectivity index (χ3v) is 2.56. The Kier molecular flexibility index (Phi) is 3.38. The maximum atomic E-state index is 12.7. The Balaban J connectivity index is 2.37. The van der Waals surface area contributed by atoms with Gasteiger partial charge >= 0.3 is 6.18 Å². The van der Waals surface area contributed by atoms with Crippen molar-refractivity contribution in [2.45, 2.75) is 6.18 Å². The number of hydrogen-bond acceptors (Lipinski definition) is 1. The normalized spacial score (nSPS) is 11.4. The van der Waals surface area contributed by atoms with Gasteiger partial charge in [0.15, 0.2) is 5.78 Å². The Hall–Kier alpha value is -2.17. The molecule has 2 aromatic rings. The predicted octanol–water partition coefficient (Wildman–Crippen LogP) is 4.08. The fourth-order valence-corrected chi connectivity index (χ4v) is 1.60. The van der Waals surface area contributed by atoms with Gasteiger partial charge < -0.3 is 0 Å². The summed E-state index contributed by atoms with van der Waals surface area (Å²) in [7, 11) is 0. The quantitative estimate of drug-likeness (QED) is 0.592. The Morgan fingerprint density at radius 1 is 0.895 bits per heavy atom. The van der Waals surface area contributed by atoms with Gasteiger partial charge in [0, 0.05) is 11.1 Å². The van der Waals surface area contributed by atoms with Gasteiger partial charge in [-0.15, -0.1) is 0 Å². The van der Waals surface area contributed by atoms with Crippen LogP contribution in [0.2, 0.25) is 0 Å². The summed E-state index contributed by atoms with van der Waals surface area (Å²) in [6, 6.07) is 8.77. The average Bonchev–Trinajstić information content (AvgIpc) is 2.38. The summed E-state index contributed by atoms with van der Waals surface area (Å²) in [6.45, 7) is 0. The molecular weight excluding hydrogens is 260 g/mol. The number of carbonyl (C=O) groups is 1. The van der Waals surface area contributed by atoms with Crippen LogP contribution in [0.1, 0.15) is 21.5 Å². The van der Waals surface area contributed by atoms with E-state index in [1.54, 1.807) is 0 Å². The molecule has 0 saturated carbocycles. The largest absolute Gasteiger partial charge is 0.416 e. The van der Waals surface area contributed by atoms with E-state index in [9.17, 15) is 22.4 Å². The first-order chi connectivity index (χ1) is 8.88. The summed E-state index contributed by atoms with van der Waals surface area (Å²) in [5, 5.41) is 0. The maximum absolute atomic E-state index is 12.7. The highest BCUT2D eigenvalue weighted by molar-refractivity contribution is 6.09. The van der Waals surface area contributed by atoms with Crippen molar-refractivity contribution in [3.8, 4) is 0 Å². The lowest BCUT2D eigenvalue weighted by Gasteiger charge is -2.08. The molecule has 0 fully saturated rings. The summed E-state index contributed by atoms with van der Waals surface area (Å²) >= 11 is 0. The second-order valence-corrected chi connectivity index (χ2v) is 3.91. The van der Waals surface area contributed by atoms with Crippen LogP contribution in [0.25, 0.3) is 0 Å². The Morgan fingerprint density at radius 3 is 2.11 bits per heavy atom. The topological polar surface area (TPSA) is 17.1 Å². The first-order valence-corrected chi connectivity index (χ1v) is 5.35. The Labute approximate surface area is 106 Å². The second kappa shape index (κ2) is 4.84. The minimum Gasteiger partial charge on any atom is -0.289 e. The summed E-state index contributed by atoms with van der Waals surface area (Å²) in [5.41, 5.74) is -0.831. The lowest BCUT2D eigenvalue weighted by Crippen LogP contribution is -2.08. The Morgan fingerprint density at radius 2 is 1.53 bits per heavy atom. The molecule has 0 heterocycles. The van der Waals surface area contributed by atoms with Crippen LogP contribution in [0.3, 0.4) is 0 Å². The molecule has 2 aromatic carbocycles. The van der Waals surface area contributed by atoms with Gasteiger partial charge in [0.05, 0.1) is 5.56 Å². The molecule has 0 saturated heterocycles. The molecule has 0 aromatic heterocycles. The van der Waals surface area contributed by atoms with E-state index in [4.69, 9.17) is 0 Å². The third kappa shape index (κ3) is 2.99. The smallest absolute Gasteiger partial charge is 0.289 e. The van der Waals surface area contributed by atoms with Crippen molar-refractivity contribution in [3.63, 3.8) is 0 Å². The molecule has 2 rings (SSSR count). The fourth-order valence-electron chi connectivity index (χ4n) is 1.60. The minimum absolute atomic E-state index is 0.0820. The van der Waals surface area contributed by atoms with Crippen molar-refractivity contribution < 1.29 is 22.4 Å². The molecule has 0 amide bonds. The second-order valence-electron chi connectivity index (χ2n) is 3.91. The summed E-state index contributed by atoms with van der Waals surface area (Å²) in [5.74, 6) is -1.09. The fraction of sp³-hybridized carbons (Fsp3) is 0.0714. The van der Waals surface area contributed by atoms with Crippen LogP contribution in [0, 0.1) is 5.82 Å². The standard InChI is InChI=1S/C14H8F4O/c15-12-6-4-9(5-7-12)13(19)10-2-1-3-11(8-10)14(16,17)18/h1-8H. The zero-order valence-corrected chi connectivity index (χ0v) is 9.54. The van der Waals surface area contributed by atoms with Crippen LogP contribution < -0.4 is 0 Å². The first-order valence-electron chi connectivity index (χ1n) is 5.35. The van der Waals surface area contributed by atoms with Crippen LogP contribution in [0.4, 0.5) is 17.6 Å². The van der Waals surface area contributed by atoms with Crippen LogP contribution in [0.15, 0.2) is 48.5 Å². The van der Waals surface area contributed by atoms with Crippen molar-refractivity contribution in [3.05, 3.63) is 71.0 Å². The zero-order valence-electron chi connectivity index (χ0n) is 9.54. The van der Waals surface area contributed by atoms with E-state index >= 15 is 0 Å². The van der Waals surface area contributed by atoms with Crippen LogP contribution in [-0.4, -0.2) is 5.78 Å². The molecule has 0 N–H and O–H groups in total. The van der Waals surface area contributed by atoms with Gasteiger partial charge in [0.25, 0.3) is 0 Å². The van der Waals surface area contributed by atoms with Crippen LogP contribution in [0.5, 0.6) is 0 Å². The molecule has 98 valence electrons. The molecule has 0 atom stereocenters. The van der Waals surface area contributed by atoms with Crippen molar-refractivity contribution in [2.24, 2.45) is 0 Å². The monoisotopic (exact) mass is 268 g/mol. The highest BCUT2D eigenvalue weighted by Gasteiger charge is 2.30.